The lowest BCUT2D eigenvalue weighted by molar-refractivity contribution is -0.149. The number of hydrogen-bond acceptors (Lipinski definition) is 7. The summed E-state index contributed by atoms with van der Waals surface area (Å²) in [6.45, 7) is 10.1. The molecule has 0 saturated carbocycles. The quantitative estimate of drug-likeness (QED) is 0.327. The van der Waals surface area contributed by atoms with Gasteiger partial charge >= 0.3 is 17.9 Å². The number of Topliss-reactive ketones (excluding diaryl/α,β-unsaturated/α-hetero) is 1. The lowest BCUT2D eigenvalue weighted by Gasteiger charge is -2.27. The highest BCUT2D eigenvalue weighted by atomic mass is 16.6. The van der Waals surface area contributed by atoms with Gasteiger partial charge in [0.05, 0.1) is 5.92 Å². The maximum Gasteiger partial charge on any atom is 0.334 e. The molecule has 3 atom stereocenters. The van der Waals surface area contributed by atoms with Gasteiger partial charge in [-0.2, -0.15) is 0 Å². The zero-order valence-electron chi connectivity index (χ0n) is 14.9. The Bertz CT molecular complexity index is 701. The zero-order chi connectivity index (χ0) is 19.4. The van der Waals surface area contributed by atoms with Crippen LogP contribution < -0.4 is 0 Å². The van der Waals surface area contributed by atoms with Crippen molar-refractivity contribution in [2.75, 3.05) is 6.61 Å². The fraction of sp³-hybridized carbons (Fsp3) is 0.474. The Kier molecular flexibility index (Phi) is 6.13. The van der Waals surface area contributed by atoms with Gasteiger partial charge in [-0.1, -0.05) is 18.7 Å². The highest BCUT2D eigenvalue weighted by molar-refractivity contribution is 5.91. The van der Waals surface area contributed by atoms with Gasteiger partial charge in [0.15, 0.2) is 0 Å². The summed E-state index contributed by atoms with van der Waals surface area (Å²) >= 11 is 0. The number of ketones is 1. The monoisotopic (exact) mass is 362 g/mol. The van der Waals surface area contributed by atoms with Crippen molar-refractivity contribution in [3.8, 4) is 0 Å². The third kappa shape index (κ3) is 4.91. The SMILES string of the molecule is C=C1CC(=O)CC(COC(C)=O)=CC2OC(=O)C(=C)C2C(OC(C)=O)C1. The number of ether oxygens (including phenoxy) is 3. The Labute approximate surface area is 151 Å². The second-order valence-corrected chi connectivity index (χ2v) is 6.52. The fourth-order valence-corrected chi connectivity index (χ4v) is 3.17. The Balaban J connectivity index is 2.41. The molecule has 0 aromatic rings. The van der Waals surface area contributed by atoms with Gasteiger partial charge < -0.3 is 14.2 Å². The van der Waals surface area contributed by atoms with E-state index in [1.165, 1.54) is 13.8 Å². The molecular formula is C19H22O7. The molecule has 0 aromatic carbocycles. The van der Waals surface area contributed by atoms with Crippen LogP contribution in [-0.2, 0) is 33.4 Å². The van der Waals surface area contributed by atoms with Crippen LogP contribution in [0.25, 0.3) is 0 Å². The van der Waals surface area contributed by atoms with Crippen molar-refractivity contribution >= 4 is 23.7 Å². The minimum atomic E-state index is -0.761. The Morgan fingerprint density at radius 2 is 1.88 bits per heavy atom. The summed E-state index contributed by atoms with van der Waals surface area (Å²) in [5.41, 5.74) is 1.30. The van der Waals surface area contributed by atoms with E-state index >= 15 is 0 Å². The zero-order valence-corrected chi connectivity index (χ0v) is 14.9. The molecule has 0 bridgehead atoms. The number of carbonyl (C=O) groups excluding carboxylic acids is 4. The minimum Gasteiger partial charge on any atom is -0.461 e. The van der Waals surface area contributed by atoms with E-state index in [4.69, 9.17) is 14.2 Å². The predicted molar refractivity (Wildman–Crippen MR) is 90.8 cm³/mol. The predicted octanol–water partition coefficient (Wildman–Crippen LogP) is 1.81. The molecule has 1 aliphatic carbocycles. The Morgan fingerprint density at radius 1 is 1.19 bits per heavy atom. The molecule has 1 aliphatic heterocycles. The second kappa shape index (κ2) is 8.12. The van der Waals surface area contributed by atoms with Crippen molar-refractivity contribution in [1.82, 2.24) is 0 Å². The number of hydrogen-bond donors (Lipinski definition) is 0. The summed E-state index contributed by atoms with van der Waals surface area (Å²) < 4.78 is 15.7. The summed E-state index contributed by atoms with van der Waals surface area (Å²) in [5, 5.41) is 0. The molecule has 3 unspecified atom stereocenters. The highest BCUT2D eigenvalue weighted by Crippen LogP contribution is 2.36. The van der Waals surface area contributed by atoms with Gasteiger partial charge in [0.25, 0.3) is 0 Å². The number of esters is 3. The van der Waals surface area contributed by atoms with Gasteiger partial charge in [-0.25, -0.2) is 4.79 Å². The summed E-state index contributed by atoms with van der Waals surface area (Å²) in [7, 11) is 0. The van der Waals surface area contributed by atoms with Gasteiger partial charge in [-0.05, 0) is 11.6 Å². The average molecular weight is 362 g/mol. The minimum absolute atomic E-state index is 0.0534. The molecule has 26 heavy (non-hydrogen) atoms. The van der Waals surface area contributed by atoms with Crippen molar-refractivity contribution in [3.63, 3.8) is 0 Å². The molecule has 1 heterocycles. The first kappa shape index (κ1) is 19.6. The number of carbonyl (C=O) groups is 4. The van der Waals surface area contributed by atoms with E-state index in [1.54, 1.807) is 6.08 Å². The van der Waals surface area contributed by atoms with E-state index in [0.717, 1.165) is 0 Å². The van der Waals surface area contributed by atoms with E-state index in [1.807, 2.05) is 0 Å². The summed E-state index contributed by atoms with van der Waals surface area (Å²) in [6, 6.07) is 0. The maximum absolute atomic E-state index is 12.2. The standard InChI is InChI=1S/C19H22O7/c1-10-5-15(22)7-14(9-24-12(3)20)8-17-18(11(2)19(23)26-17)16(6-10)25-13(4)21/h8,16-18H,1-2,5-7,9H2,3-4H3. The molecule has 0 N–H and O–H groups in total. The third-order valence-electron chi connectivity index (χ3n) is 4.20. The van der Waals surface area contributed by atoms with Crippen LogP contribution in [0.4, 0.5) is 0 Å². The molecule has 0 spiro atoms. The van der Waals surface area contributed by atoms with E-state index in [0.29, 0.717) is 11.1 Å². The number of rotatable bonds is 3. The third-order valence-corrected chi connectivity index (χ3v) is 4.20. The first-order valence-electron chi connectivity index (χ1n) is 8.25. The smallest absolute Gasteiger partial charge is 0.334 e. The van der Waals surface area contributed by atoms with Crippen LogP contribution in [0, 0.1) is 5.92 Å². The maximum atomic E-state index is 12.2. The van der Waals surface area contributed by atoms with E-state index in [9.17, 15) is 19.2 Å². The lowest BCUT2D eigenvalue weighted by Crippen LogP contribution is -2.33. The van der Waals surface area contributed by atoms with Crippen LogP contribution in [0.2, 0.25) is 0 Å². The topological polar surface area (TPSA) is 96.0 Å². The van der Waals surface area contributed by atoms with Crippen molar-refractivity contribution < 1.29 is 33.4 Å². The molecule has 7 heteroatoms. The van der Waals surface area contributed by atoms with Gasteiger partial charge in [0, 0.05) is 38.7 Å². The molecule has 2 rings (SSSR count). The molecule has 140 valence electrons. The average Bonchev–Trinajstić information content (AvgIpc) is 2.77. The van der Waals surface area contributed by atoms with Crippen LogP contribution in [-0.4, -0.2) is 42.5 Å². The molecule has 2 aliphatic rings. The van der Waals surface area contributed by atoms with Crippen LogP contribution in [0.1, 0.15) is 33.1 Å². The van der Waals surface area contributed by atoms with E-state index in [2.05, 4.69) is 13.2 Å². The fourth-order valence-electron chi connectivity index (χ4n) is 3.17. The molecule has 0 radical (unpaired) electrons. The molecule has 1 saturated heterocycles. The lowest BCUT2D eigenvalue weighted by atomic mass is 9.84. The van der Waals surface area contributed by atoms with E-state index in [-0.39, 0.29) is 37.2 Å². The largest absolute Gasteiger partial charge is 0.461 e. The van der Waals surface area contributed by atoms with E-state index < -0.39 is 36.0 Å². The van der Waals surface area contributed by atoms with Crippen molar-refractivity contribution in [2.45, 2.75) is 45.3 Å². The van der Waals surface area contributed by atoms with Crippen molar-refractivity contribution in [3.05, 3.63) is 36.0 Å². The Hall–Kier alpha value is -2.70. The van der Waals surface area contributed by atoms with Crippen LogP contribution in [0.15, 0.2) is 36.0 Å². The first-order chi connectivity index (χ1) is 12.2. The molecule has 0 aromatic heterocycles. The second-order valence-electron chi connectivity index (χ2n) is 6.52. The molecular weight excluding hydrogens is 340 g/mol. The molecule has 7 nitrogen and oxygen atoms in total. The summed E-state index contributed by atoms with van der Waals surface area (Å²) in [5.74, 6) is -2.29. The van der Waals surface area contributed by atoms with Crippen LogP contribution in [0.5, 0.6) is 0 Å². The Morgan fingerprint density at radius 3 is 2.50 bits per heavy atom. The summed E-state index contributed by atoms with van der Waals surface area (Å²) in [4.78, 5) is 46.9. The van der Waals surface area contributed by atoms with Gasteiger partial charge in [0.1, 0.15) is 24.6 Å². The van der Waals surface area contributed by atoms with Gasteiger partial charge in [-0.3, -0.25) is 14.4 Å². The summed E-state index contributed by atoms with van der Waals surface area (Å²) in [6.07, 6.45) is 0.497. The van der Waals surface area contributed by atoms with Crippen LogP contribution in [0.3, 0.4) is 0 Å². The van der Waals surface area contributed by atoms with Gasteiger partial charge in [-0.15, -0.1) is 0 Å². The molecule has 0 amide bonds. The van der Waals surface area contributed by atoms with Crippen LogP contribution >= 0.6 is 0 Å². The molecule has 1 fully saturated rings. The number of fused-ring (bicyclic) bond motifs is 1. The highest BCUT2D eigenvalue weighted by Gasteiger charge is 2.44. The van der Waals surface area contributed by atoms with Crippen molar-refractivity contribution in [2.24, 2.45) is 5.92 Å². The van der Waals surface area contributed by atoms with Gasteiger partial charge in [0.2, 0.25) is 0 Å². The van der Waals surface area contributed by atoms with Crippen molar-refractivity contribution in [1.29, 1.82) is 0 Å². The normalized spacial score (nSPS) is 26.5. The first-order valence-corrected chi connectivity index (χ1v) is 8.25.